The van der Waals surface area contributed by atoms with Gasteiger partial charge >= 0.3 is 6.18 Å². The average molecular weight is 320 g/mol. The van der Waals surface area contributed by atoms with E-state index in [1.54, 1.807) is 26.0 Å². The maximum atomic E-state index is 13.1. The van der Waals surface area contributed by atoms with Crippen molar-refractivity contribution in [2.45, 2.75) is 25.9 Å². The molecule has 116 valence electrons. The minimum absolute atomic E-state index is 0. The number of alkyl halides is 3. The van der Waals surface area contributed by atoms with Crippen LogP contribution in [0.2, 0.25) is 0 Å². The molecule has 7 heteroatoms. The highest BCUT2D eigenvalue weighted by molar-refractivity contribution is 5.85. The summed E-state index contributed by atoms with van der Waals surface area (Å²) in [5.74, 6) is -1.68. The molecule has 2 N–H and O–H groups in total. The normalized spacial score (nSPS) is 12.9. The van der Waals surface area contributed by atoms with E-state index in [2.05, 4.69) is 5.10 Å². The monoisotopic (exact) mass is 319 g/mol. The molecule has 0 amide bonds. The number of nitrogens with zero attached hydrogens (tertiary/aromatic N) is 2. The Morgan fingerprint density at radius 2 is 1.76 bits per heavy atom. The molecule has 1 aromatic carbocycles. The second-order valence-electron chi connectivity index (χ2n) is 4.66. The molecular weight excluding hydrogens is 303 g/mol. The molecule has 0 bridgehead atoms. The van der Waals surface area contributed by atoms with Gasteiger partial charge in [0.1, 0.15) is 0 Å². The largest absolute Gasteiger partial charge is 0.397 e. The van der Waals surface area contributed by atoms with Gasteiger partial charge in [0.25, 0.3) is 0 Å². The summed E-state index contributed by atoms with van der Waals surface area (Å²) < 4.78 is 40.7. The fourth-order valence-electron chi connectivity index (χ4n) is 2.39. The summed E-state index contributed by atoms with van der Waals surface area (Å²) in [6.45, 7) is 2.73. The molecule has 21 heavy (non-hydrogen) atoms. The molecule has 2 rings (SSSR count). The van der Waals surface area contributed by atoms with E-state index in [0.29, 0.717) is 11.4 Å². The first-order chi connectivity index (χ1) is 9.36. The third-order valence-corrected chi connectivity index (χ3v) is 3.33. The molecule has 0 aliphatic carbocycles. The van der Waals surface area contributed by atoms with Crippen LogP contribution in [0.15, 0.2) is 30.3 Å². The Hall–Kier alpha value is -1.53. The van der Waals surface area contributed by atoms with Crippen LogP contribution >= 0.6 is 12.4 Å². The summed E-state index contributed by atoms with van der Waals surface area (Å²) >= 11 is 0. The van der Waals surface area contributed by atoms with Crippen molar-refractivity contribution in [3.05, 3.63) is 47.3 Å². The number of hydrogen-bond donors (Lipinski definition) is 1. The van der Waals surface area contributed by atoms with Gasteiger partial charge in [0, 0.05) is 17.8 Å². The van der Waals surface area contributed by atoms with Gasteiger partial charge in [-0.3, -0.25) is 0 Å². The summed E-state index contributed by atoms with van der Waals surface area (Å²) in [7, 11) is 0. The van der Waals surface area contributed by atoms with Crippen LogP contribution in [0.25, 0.3) is 5.69 Å². The maximum Gasteiger partial charge on any atom is 0.397 e. The van der Waals surface area contributed by atoms with Gasteiger partial charge in [0.05, 0.1) is 17.3 Å². The third-order valence-electron chi connectivity index (χ3n) is 3.33. The predicted octanol–water partition coefficient (Wildman–Crippen LogP) is 3.52. The smallest absolute Gasteiger partial charge is 0.330 e. The number of aryl methyl sites for hydroxylation is 1. The Kier molecular flexibility index (Phi) is 5.42. The zero-order chi connectivity index (χ0) is 14.9. The van der Waals surface area contributed by atoms with Crippen LogP contribution in [0.1, 0.15) is 22.9 Å². The highest BCUT2D eigenvalue weighted by atomic mass is 35.5. The lowest BCUT2D eigenvalue weighted by atomic mass is 9.96. The van der Waals surface area contributed by atoms with Crippen LogP contribution in [0.4, 0.5) is 13.2 Å². The first kappa shape index (κ1) is 17.5. The van der Waals surface area contributed by atoms with E-state index in [1.807, 2.05) is 18.2 Å². The number of para-hydroxylation sites is 1. The number of aromatic nitrogens is 2. The van der Waals surface area contributed by atoms with Gasteiger partial charge in [-0.05, 0) is 26.0 Å². The van der Waals surface area contributed by atoms with Crippen molar-refractivity contribution in [1.82, 2.24) is 9.78 Å². The van der Waals surface area contributed by atoms with Gasteiger partial charge in [0.2, 0.25) is 0 Å². The van der Waals surface area contributed by atoms with Crippen LogP contribution < -0.4 is 5.73 Å². The van der Waals surface area contributed by atoms with Gasteiger partial charge < -0.3 is 5.73 Å². The molecule has 1 heterocycles. The quantitative estimate of drug-likeness (QED) is 0.940. The third kappa shape index (κ3) is 3.39. The zero-order valence-corrected chi connectivity index (χ0v) is 12.5. The predicted molar refractivity (Wildman–Crippen MR) is 78.1 cm³/mol. The van der Waals surface area contributed by atoms with Gasteiger partial charge in [-0.2, -0.15) is 18.3 Å². The van der Waals surface area contributed by atoms with Crippen molar-refractivity contribution in [2.24, 2.45) is 5.73 Å². The Morgan fingerprint density at radius 1 is 1.19 bits per heavy atom. The molecule has 0 fully saturated rings. The molecule has 0 saturated heterocycles. The van der Waals surface area contributed by atoms with Crippen molar-refractivity contribution >= 4 is 12.4 Å². The fraction of sp³-hybridized carbons (Fsp3) is 0.357. The van der Waals surface area contributed by atoms with Crippen molar-refractivity contribution in [3.8, 4) is 5.69 Å². The van der Waals surface area contributed by atoms with Crippen molar-refractivity contribution < 1.29 is 13.2 Å². The molecule has 0 radical (unpaired) electrons. The summed E-state index contributed by atoms with van der Waals surface area (Å²) in [5, 5.41) is 4.22. The second-order valence-corrected chi connectivity index (χ2v) is 4.66. The lowest BCUT2D eigenvalue weighted by Crippen LogP contribution is -2.29. The van der Waals surface area contributed by atoms with Crippen LogP contribution in [0, 0.1) is 13.8 Å². The second kappa shape index (κ2) is 6.49. The lowest BCUT2D eigenvalue weighted by molar-refractivity contribution is -0.148. The zero-order valence-electron chi connectivity index (χ0n) is 11.7. The van der Waals surface area contributed by atoms with Gasteiger partial charge in [-0.25, -0.2) is 4.68 Å². The van der Waals surface area contributed by atoms with E-state index in [9.17, 15) is 13.2 Å². The van der Waals surface area contributed by atoms with E-state index in [1.165, 1.54) is 4.68 Å². The minimum atomic E-state index is -4.37. The number of benzene rings is 1. The molecule has 1 aromatic heterocycles. The summed E-state index contributed by atoms with van der Waals surface area (Å²) in [4.78, 5) is 0. The Labute approximate surface area is 127 Å². The molecule has 2 aromatic rings. The van der Waals surface area contributed by atoms with E-state index in [0.717, 1.165) is 5.69 Å². The van der Waals surface area contributed by atoms with Gasteiger partial charge in [-0.1, -0.05) is 18.2 Å². The summed E-state index contributed by atoms with van der Waals surface area (Å²) in [6.07, 6.45) is -4.37. The molecular formula is C14H17ClF3N3. The topological polar surface area (TPSA) is 43.8 Å². The number of halogens is 4. The molecule has 0 aliphatic heterocycles. The first-order valence-electron chi connectivity index (χ1n) is 6.24. The van der Waals surface area contributed by atoms with Gasteiger partial charge in [0.15, 0.2) is 0 Å². The number of nitrogens with two attached hydrogens (primary N) is 1. The van der Waals surface area contributed by atoms with E-state index < -0.39 is 18.6 Å². The standard InChI is InChI=1S/C14H16F3N3.ClH/c1-9-13(12(8-18)14(15,16)17)10(2)20(19-9)11-6-4-3-5-7-11;/h3-7,12H,8,18H2,1-2H3;1H. The first-order valence-corrected chi connectivity index (χ1v) is 6.24. The number of rotatable bonds is 3. The molecule has 0 aliphatic rings. The van der Waals surface area contributed by atoms with Crippen molar-refractivity contribution in [2.75, 3.05) is 6.54 Å². The minimum Gasteiger partial charge on any atom is -0.330 e. The lowest BCUT2D eigenvalue weighted by Gasteiger charge is -2.19. The fourth-order valence-corrected chi connectivity index (χ4v) is 2.39. The maximum absolute atomic E-state index is 13.1. The molecule has 0 spiro atoms. The molecule has 3 nitrogen and oxygen atoms in total. The van der Waals surface area contributed by atoms with E-state index in [4.69, 9.17) is 5.73 Å². The Morgan fingerprint density at radius 3 is 2.24 bits per heavy atom. The van der Waals surface area contributed by atoms with Crippen LogP contribution in [-0.4, -0.2) is 22.5 Å². The van der Waals surface area contributed by atoms with Gasteiger partial charge in [-0.15, -0.1) is 12.4 Å². The Balaban J connectivity index is 0.00000220. The number of hydrogen-bond acceptors (Lipinski definition) is 2. The average Bonchev–Trinajstić information content (AvgIpc) is 2.67. The Bertz CT molecular complexity index is 594. The van der Waals surface area contributed by atoms with E-state index in [-0.39, 0.29) is 18.0 Å². The highest BCUT2D eigenvalue weighted by Gasteiger charge is 2.42. The van der Waals surface area contributed by atoms with Crippen LogP contribution in [-0.2, 0) is 0 Å². The van der Waals surface area contributed by atoms with Crippen molar-refractivity contribution in [3.63, 3.8) is 0 Å². The molecule has 1 atom stereocenters. The SMILES string of the molecule is Cc1nn(-c2ccccc2)c(C)c1C(CN)C(F)(F)F.Cl. The molecule has 0 saturated carbocycles. The van der Waals surface area contributed by atoms with E-state index >= 15 is 0 Å². The summed E-state index contributed by atoms with van der Waals surface area (Å²) in [5.41, 5.74) is 7.06. The van der Waals surface area contributed by atoms with Crippen LogP contribution in [0.3, 0.4) is 0 Å². The van der Waals surface area contributed by atoms with Crippen molar-refractivity contribution in [1.29, 1.82) is 0 Å². The summed E-state index contributed by atoms with van der Waals surface area (Å²) in [6, 6.07) is 9.07. The van der Waals surface area contributed by atoms with Crippen LogP contribution in [0.5, 0.6) is 0 Å². The highest BCUT2D eigenvalue weighted by Crippen LogP contribution is 2.37. The molecule has 1 unspecified atom stereocenters.